The largest absolute Gasteiger partial charge is 0.277 e. The number of carbonyl (C=O) groups is 1. The standard InChI is InChI=1S/C9H17NO2/c1-3-4-5-6-7-8-9(11)10-12-2/h4-5H,3,6-8H2,1-2H3,(H,10,11)/b5-4+. The third-order valence-electron chi connectivity index (χ3n) is 1.39. The minimum atomic E-state index is -0.0533. The van der Waals surface area contributed by atoms with E-state index in [2.05, 4.69) is 29.4 Å². The summed E-state index contributed by atoms with van der Waals surface area (Å²) in [6.45, 7) is 2.09. The van der Waals surface area contributed by atoms with Gasteiger partial charge in [-0.1, -0.05) is 19.1 Å². The number of unbranched alkanes of at least 4 members (excludes halogenated alkanes) is 1. The van der Waals surface area contributed by atoms with Gasteiger partial charge in [0.05, 0.1) is 7.11 Å². The SMILES string of the molecule is CC/C=C/CCCC(=O)NOC. The molecule has 0 atom stereocenters. The van der Waals surface area contributed by atoms with E-state index in [9.17, 15) is 4.79 Å². The Bertz CT molecular complexity index is 143. The highest BCUT2D eigenvalue weighted by Crippen LogP contribution is 1.97. The first-order valence-corrected chi connectivity index (χ1v) is 4.28. The van der Waals surface area contributed by atoms with Crippen LogP contribution in [0.3, 0.4) is 0 Å². The number of nitrogens with one attached hydrogen (secondary N) is 1. The van der Waals surface area contributed by atoms with Crippen LogP contribution in [0.1, 0.15) is 32.6 Å². The first-order valence-electron chi connectivity index (χ1n) is 4.28. The molecule has 3 heteroatoms. The van der Waals surface area contributed by atoms with Gasteiger partial charge < -0.3 is 0 Å². The van der Waals surface area contributed by atoms with E-state index in [4.69, 9.17) is 0 Å². The summed E-state index contributed by atoms with van der Waals surface area (Å²) >= 11 is 0. The van der Waals surface area contributed by atoms with Crippen molar-refractivity contribution in [2.24, 2.45) is 0 Å². The van der Waals surface area contributed by atoms with Gasteiger partial charge in [-0.05, 0) is 19.3 Å². The average molecular weight is 171 g/mol. The molecule has 0 radical (unpaired) electrons. The fourth-order valence-corrected chi connectivity index (χ4v) is 0.830. The highest BCUT2D eigenvalue weighted by atomic mass is 16.6. The molecule has 0 fully saturated rings. The molecular weight excluding hydrogens is 154 g/mol. The minimum Gasteiger partial charge on any atom is -0.277 e. The zero-order valence-electron chi connectivity index (χ0n) is 7.80. The molecule has 0 rings (SSSR count). The van der Waals surface area contributed by atoms with Gasteiger partial charge in [-0.25, -0.2) is 5.48 Å². The molecule has 0 aromatic carbocycles. The van der Waals surface area contributed by atoms with Crippen molar-refractivity contribution in [1.82, 2.24) is 5.48 Å². The van der Waals surface area contributed by atoms with E-state index < -0.39 is 0 Å². The second-order valence-corrected chi connectivity index (χ2v) is 2.50. The van der Waals surface area contributed by atoms with Crippen LogP contribution in [-0.2, 0) is 9.63 Å². The summed E-state index contributed by atoms with van der Waals surface area (Å²) in [4.78, 5) is 15.3. The van der Waals surface area contributed by atoms with Gasteiger partial charge in [0, 0.05) is 6.42 Å². The van der Waals surface area contributed by atoms with Crippen LogP contribution in [0.2, 0.25) is 0 Å². The Morgan fingerprint density at radius 1 is 1.50 bits per heavy atom. The number of hydrogen-bond donors (Lipinski definition) is 1. The van der Waals surface area contributed by atoms with E-state index in [0.717, 1.165) is 19.3 Å². The Morgan fingerprint density at radius 3 is 2.83 bits per heavy atom. The highest BCUT2D eigenvalue weighted by Gasteiger charge is 1.96. The summed E-state index contributed by atoms with van der Waals surface area (Å²) in [7, 11) is 1.44. The van der Waals surface area contributed by atoms with Crippen LogP contribution >= 0.6 is 0 Å². The molecule has 0 saturated carbocycles. The molecule has 0 bridgehead atoms. The van der Waals surface area contributed by atoms with Crippen molar-refractivity contribution in [2.75, 3.05) is 7.11 Å². The average Bonchev–Trinajstić information content (AvgIpc) is 2.05. The van der Waals surface area contributed by atoms with Gasteiger partial charge in [-0.3, -0.25) is 9.63 Å². The number of hydroxylamine groups is 1. The van der Waals surface area contributed by atoms with Gasteiger partial charge in [0.2, 0.25) is 5.91 Å². The van der Waals surface area contributed by atoms with Gasteiger partial charge in [-0.15, -0.1) is 0 Å². The summed E-state index contributed by atoms with van der Waals surface area (Å²) < 4.78 is 0. The lowest BCUT2D eigenvalue weighted by Crippen LogP contribution is -2.21. The van der Waals surface area contributed by atoms with E-state index >= 15 is 0 Å². The fourth-order valence-electron chi connectivity index (χ4n) is 0.830. The molecule has 0 heterocycles. The van der Waals surface area contributed by atoms with Crippen molar-refractivity contribution in [3.63, 3.8) is 0 Å². The van der Waals surface area contributed by atoms with E-state index in [0.29, 0.717) is 6.42 Å². The van der Waals surface area contributed by atoms with Crippen LogP contribution in [0.4, 0.5) is 0 Å². The molecule has 12 heavy (non-hydrogen) atoms. The summed E-state index contributed by atoms with van der Waals surface area (Å²) in [6, 6.07) is 0. The molecule has 3 nitrogen and oxygen atoms in total. The predicted molar refractivity (Wildman–Crippen MR) is 48.4 cm³/mol. The van der Waals surface area contributed by atoms with Crippen molar-refractivity contribution in [3.05, 3.63) is 12.2 Å². The third kappa shape index (κ3) is 7.28. The number of hydrogen-bond acceptors (Lipinski definition) is 2. The second-order valence-electron chi connectivity index (χ2n) is 2.50. The van der Waals surface area contributed by atoms with E-state index in [1.54, 1.807) is 0 Å². The quantitative estimate of drug-likeness (QED) is 0.376. The van der Waals surface area contributed by atoms with Crippen molar-refractivity contribution in [2.45, 2.75) is 32.6 Å². The Kier molecular flexibility index (Phi) is 7.70. The van der Waals surface area contributed by atoms with Gasteiger partial charge in [-0.2, -0.15) is 0 Å². The summed E-state index contributed by atoms with van der Waals surface area (Å²) in [5.41, 5.74) is 2.27. The van der Waals surface area contributed by atoms with Crippen molar-refractivity contribution in [3.8, 4) is 0 Å². The predicted octanol–water partition coefficient (Wildman–Crippen LogP) is 1.80. The molecule has 0 aliphatic carbocycles. The van der Waals surface area contributed by atoms with Crippen LogP contribution in [0, 0.1) is 0 Å². The smallest absolute Gasteiger partial charge is 0.243 e. The number of allylic oxidation sites excluding steroid dienone is 2. The minimum absolute atomic E-state index is 0.0533. The van der Waals surface area contributed by atoms with Crippen molar-refractivity contribution >= 4 is 5.91 Å². The van der Waals surface area contributed by atoms with Crippen LogP contribution in [0.5, 0.6) is 0 Å². The molecule has 0 saturated heterocycles. The van der Waals surface area contributed by atoms with Crippen LogP contribution in [0.25, 0.3) is 0 Å². The van der Waals surface area contributed by atoms with E-state index in [1.165, 1.54) is 7.11 Å². The lowest BCUT2D eigenvalue weighted by Gasteiger charge is -1.99. The number of amides is 1. The molecular formula is C9H17NO2. The van der Waals surface area contributed by atoms with Crippen LogP contribution < -0.4 is 5.48 Å². The normalized spacial score (nSPS) is 10.5. The molecule has 1 N–H and O–H groups in total. The van der Waals surface area contributed by atoms with Crippen LogP contribution in [0.15, 0.2) is 12.2 Å². The monoisotopic (exact) mass is 171 g/mol. The maximum absolute atomic E-state index is 10.8. The van der Waals surface area contributed by atoms with Gasteiger partial charge in [0.15, 0.2) is 0 Å². The lowest BCUT2D eigenvalue weighted by molar-refractivity contribution is -0.131. The fraction of sp³-hybridized carbons (Fsp3) is 0.667. The summed E-state index contributed by atoms with van der Waals surface area (Å²) in [5, 5.41) is 0. The molecule has 0 aliphatic rings. The molecule has 0 aromatic heterocycles. The first kappa shape index (κ1) is 11.2. The zero-order chi connectivity index (χ0) is 9.23. The molecule has 0 unspecified atom stereocenters. The Labute approximate surface area is 73.7 Å². The first-order chi connectivity index (χ1) is 5.81. The lowest BCUT2D eigenvalue weighted by atomic mass is 10.2. The topological polar surface area (TPSA) is 38.3 Å². The number of carbonyl (C=O) groups excluding carboxylic acids is 1. The van der Waals surface area contributed by atoms with Crippen LogP contribution in [-0.4, -0.2) is 13.0 Å². The number of rotatable bonds is 6. The Morgan fingerprint density at radius 2 is 2.25 bits per heavy atom. The van der Waals surface area contributed by atoms with E-state index in [1.807, 2.05) is 0 Å². The van der Waals surface area contributed by atoms with E-state index in [-0.39, 0.29) is 5.91 Å². The summed E-state index contributed by atoms with van der Waals surface area (Å²) in [5.74, 6) is -0.0533. The summed E-state index contributed by atoms with van der Waals surface area (Å²) in [6.07, 6.45) is 7.64. The van der Waals surface area contributed by atoms with Gasteiger partial charge in [0.25, 0.3) is 0 Å². The third-order valence-corrected chi connectivity index (χ3v) is 1.39. The zero-order valence-corrected chi connectivity index (χ0v) is 7.80. The Balaban J connectivity index is 3.19. The highest BCUT2D eigenvalue weighted by molar-refractivity contribution is 5.74. The molecule has 70 valence electrons. The van der Waals surface area contributed by atoms with Gasteiger partial charge in [0.1, 0.15) is 0 Å². The maximum Gasteiger partial charge on any atom is 0.243 e. The van der Waals surface area contributed by atoms with Crippen molar-refractivity contribution < 1.29 is 9.63 Å². The second kappa shape index (κ2) is 8.27. The Hall–Kier alpha value is -0.830. The molecule has 0 aliphatic heterocycles. The molecule has 1 amide bonds. The maximum atomic E-state index is 10.8. The molecule has 0 aromatic rings. The van der Waals surface area contributed by atoms with Gasteiger partial charge >= 0.3 is 0 Å². The molecule has 0 spiro atoms. The van der Waals surface area contributed by atoms with Crippen molar-refractivity contribution in [1.29, 1.82) is 0 Å².